The predicted octanol–water partition coefficient (Wildman–Crippen LogP) is 0.609. The van der Waals surface area contributed by atoms with E-state index in [1.165, 1.54) is 0 Å². The minimum absolute atomic E-state index is 0.184. The fourth-order valence-corrected chi connectivity index (χ4v) is 2.12. The number of hydrogen-bond acceptors (Lipinski definition) is 3. The van der Waals surface area contributed by atoms with Crippen LogP contribution < -0.4 is 5.73 Å². The molecule has 1 saturated heterocycles. The molecule has 0 radical (unpaired) electrons. The summed E-state index contributed by atoms with van der Waals surface area (Å²) >= 11 is 0. The zero-order valence-electron chi connectivity index (χ0n) is 9.74. The quantitative estimate of drug-likeness (QED) is 0.682. The Morgan fingerprint density at radius 2 is 2.33 bits per heavy atom. The van der Waals surface area contributed by atoms with Crippen LogP contribution in [-0.2, 0) is 9.53 Å². The molecule has 0 spiro atoms. The Labute approximate surface area is 91.8 Å². The van der Waals surface area contributed by atoms with Crippen LogP contribution in [0, 0.1) is 5.92 Å². The Hall–Kier alpha value is -0.610. The van der Waals surface area contributed by atoms with Gasteiger partial charge in [-0.3, -0.25) is 4.79 Å². The first-order valence-corrected chi connectivity index (χ1v) is 5.78. The lowest BCUT2D eigenvalue weighted by molar-refractivity contribution is -0.133. The molecule has 4 nitrogen and oxygen atoms in total. The summed E-state index contributed by atoms with van der Waals surface area (Å²) in [6, 6.07) is 0.235. The summed E-state index contributed by atoms with van der Waals surface area (Å²) in [6.45, 7) is 6.72. The summed E-state index contributed by atoms with van der Waals surface area (Å²) in [5.41, 5.74) is 5.68. The van der Waals surface area contributed by atoms with Gasteiger partial charge in [-0.2, -0.15) is 0 Å². The number of rotatable bonds is 5. The van der Waals surface area contributed by atoms with Gasteiger partial charge >= 0.3 is 0 Å². The van der Waals surface area contributed by atoms with Gasteiger partial charge in [0.1, 0.15) is 0 Å². The van der Waals surface area contributed by atoms with Crippen molar-refractivity contribution >= 4 is 5.91 Å². The van der Waals surface area contributed by atoms with Crippen molar-refractivity contribution in [1.29, 1.82) is 0 Å². The molecule has 2 unspecified atom stereocenters. The number of amides is 1. The minimum atomic E-state index is 0.184. The minimum Gasteiger partial charge on any atom is -0.381 e. The largest absolute Gasteiger partial charge is 0.381 e. The van der Waals surface area contributed by atoms with Crippen LogP contribution in [0.4, 0.5) is 0 Å². The Balaban J connectivity index is 2.38. The Bertz CT molecular complexity index is 209. The Morgan fingerprint density at radius 3 is 2.93 bits per heavy atom. The normalized spacial score (nSPS) is 25.9. The highest BCUT2D eigenvalue weighted by Crippen LogP contribution is 2.23. The van der Waals surface area contributed by atoms with Crippen LogP contribution in [0.3, 0.4) is 0 Å². The van der Waals surface area contributed by atoms with Gasteiger partial charge in [-0.15, -0.1) is 0 Å². The fraction of sp³-hybridized carbons (Fsp3) is 0.909. The van der Waals surface area contributed by atoms with Crippen LogP contribution in [0.15, 0.2) is 0 Å². The van der Waals surface area contributed by atoms with Crippen LogP contribution in [0.1, 0.15) is 26.7 Å². The summed E-state index contributed by atoms with van der Waals surface area (Å²) in [7, 11) is 0. The average molecular weight is 214 g/mol. The van der Waals surface area contributed by atoms with Crippen LogP contribution in [0.2, 0.25) is 0 Å². The number of nitrogens with zero attached hydrogens (tertiary/aromatic N) is 1. The van der Waals surface area contributed by atoms with Crippen molar-refractivity contribution in [3.8, 4) is 0 Å². The van der Waals surface area contributed by atoms with E-state index in [0.29, 0.717) is 32.1 Å². The summed E-state index contributed by atoms with van der Waals surface area (Å²) in [6.07, 6.45) is 1.55. The maximum absolute atomic E-state index is 11.8. The van der Waals surface area contributed by atoms with Gasteiger partial charge in [0.2, 0.25) is 5.91 Å². The molecule has 1 amide bonds. The molecule has 1 fully saturated rings. The van der Waals surface area contributed by atoms with Gasteiger partial charge in [0, 0.05) is 25.7 Å². The molecule has 15 heavy (non-hydrogen) atoms. The molecule has 88 valence electrons. The van der Waals surface area contributed by atoms with E-state index in [1.807, 2.05) is 11.8 Å². The van der Waals surface area contributed by atoms with Crippen LogP contribution in [0.5, 0.6) is 0 Å². The van der Waals surface area contributed by atoms with E-state index in [9.17, 15) is 4.79 Å². The molecule has 0 aromatic rings. The third kappa shape index (κ3) is 3.18. The SMILES string of the molecule is CCOCCC(=O)N1CCC(C)C1CN. The van der Waals surface area contributed by atoms with Crippen molar-refractivity contribution in [3.63, 3.8) is 0 Å². The summed E-state index contributed by atoms with van der Waals surface area (Å²) < 4.78 is 5.18. The van der Waals surface area contributed by atoms with E-state index in [2.05, 4.69) is 6.92 Å². The highest BCUT2D eigenvalue weighted by Gasteiger charge is 2.32. The standard InChI is InChI=1S/C11H22N2O2/c1-3-15-7-5-11(14)13-6-4-9(2)10(13)8-12/h9-10H,3-8,12H2,1-2H3. The van der Waals surface area contributed by atoms with Crippen molar-refractivity contribution in [2.24, 2.45) is 11.7 Å². The molecule has 0 aromatic heterocycles. The number of carbonyl (C=O) groups is 1. The van der Waals surface area contributed by atoms with Gasteiger partial charge < -0.3 is 15.4 Å². The van der Waals surface area contributed by atoms with Crippen molar-refractivity contribution in [2.45, 2.75) is 32.7 Å². The second-order valence-corrected chi connectivity index (χ2v) is 4.10. The lowest BCUT2D eigenvalue weighted by atomic mass is 10.0. The van der Waals surface area contributed by atoms with Gasteiger partial charge in [-0.05, 0) is 19.3 Å². The van der Waals surface area contributed by atoms with E-state index >= 15 is 0 Å². The summed E-state index contributed by atoms with van der Waals surface area (Å²) in [4.78, 5) is 13.7. The van der Waals surface area contributed by atoms with Gasteiger partial charge in [-0.25, -0.2) is 0 Å². The lowest BCUT2D eigenvalue weighted by Crippen LogP contribution is -2.42. The number of nitrogens with two attached hydrogens (primary N) is 1. The van der Waals surface area contributed by atoms with Crippen molar-refractivity contribution in [2.75, 3.05) is 26.3 Å². The van der Waals surface area contributed by atoms with Gasteiger partial charge in [0.15, 0.2) is 0 Å². The Morgan fingerprint density at radius 1 is 1.60 bits per heavy atom. The number of ether oxygens (including phenoxy) is 1. The van der Waals surface area contributed by atoms with E-state index in [-0.39, 0.29) is 11.9 Å². The zero-order chi connectivity index (χ0) is 11.3. The molecule has 2 N–H and O–H groups in total. The summed E-state index contributed by atoms with van der Waals surface area (Å²) in [5, 5.41) is 0. The van der Waals surface area contributed by atoms with Crippen molar-refractivity contribution in [1.82, 2.24) is 4.90 Å². The lowest BCUT2D eigenvalue weighted by Gasteiger charge is -2.25. The third-order valence-corrected chi connectivity index (χ3v) is 3.11. The predicted molar refractivity (Wildman–Crippen MR) is 59.4 cm³/mol. The average Bonchev–Trinajstić information content (AvgIpc) is 2.59. The van der Waals surface area contributed by atoms with Crippen molar-refractivity contribution < 1.29 is 9.53 Å². The first-order valence-electron chi connectivity index (χ1n) is 5.78. The van der Waals surface area contributed by atoms with Crippen LogP contribution in [0.25, 0.3) is 0 Å². The highest BCUT2D eigenvalue weighted by molar-refractivity contribution is 5.77. The first-order chi connectivity index (χ1) is 7.20. The van der Waals surface area contributed by atoms with E-state index in [4.69, 9.17) is 10.5 Å². The maximum Gasteiger partial charge on any atom is 0.225 e. The molecule has 2 atom stereocenters. The molecule has 1 heterocycles. The maximum atomic E-state index is 11.8. The molecule has 0 bridgehead atoms. The highest BCUT2D eigenvalue weighted by atomic mass is 16.5. The Kier molecular flexibility index (Phi) is 5.05. The van der Waals surface area contributed by atoms with E-state index in [1.54, 1.807) is 0 Å². The monoisotopic (exact) mass is 214 g/mol. The van der Waals surface area contributed by atoms with Gasteiger partial charge in [0.25, 0.3) is 0 Å². The molecule has 1 rings (SSSR count). The molecular weight excluding hydrogens is 192 g/mol. The smallest absolute Gasteiger partial charge is 0.225 e. The van der Waals surface area contributed by atoms with Gasteiger partial charge in [0.05, 0.1) is 13.0 Å². The molecule has 0 saturated carbocycles. The molecule has 1 aliphatic rings. The number of likely N-dealkylation sites (tertiary alicyclic amines) is 1. The molecule has 0 aromatic carbocycles. The van der Waals surface area contributed by atoms with Crippen LogP contribution in [-0.4, -0.2) is 43.2 Å². The molecule has 0 aliphatic carbocycles. The fourth-order valence-electron chi connectivity index (χ4n) is 2.12. The molecule has 4 heteroatoms. The van der Waals surface area contributed by atoms with Gasteiger partial charge in [-0.1, -0.05) is 6.92 Å². The van der Waals surface area contributed by atoms with E-state index in [0.717, 1.165) is 13.0 Å². The zero-order valence-corrected chi connectivity index (χ0v) is 9.74. The number of hydrogen-bond donors (Lipinski definition) is 1. The molecule has 1 aliphatic heterocycles. The third-order valence-electron chi connectivity index (χ3n) is 3.11. The van der Waals surface area contributed by atoms with Crippen LogP contribution >= 0.6 is 0 Å². The van der Waals surface area contributed by atoms with E-state index < -0.39 is 0 Å². The molecular formula is C11H22N2O2. The topological polar surface area (TPSA) is 55.6 Å². The second-order valence-electron chi connectivity index (χ2n) is 4.10. The summed E-state index contributed by atoms with van der Waals surface area (Å²) in [5.74, 6) is 0.717. The second kappa shape index (κ2) is 6.08. The number of carbonyl (C=O) groups excluding carboxylic acids is 1. The first kappa shape index (κ1) is 12.5. The van der Waals surface area contributed by atoms with Crippen molar-refractivity contribution in [3.05, 3.63) is 0 Å².